The SMILES string of the molecule is CCC(C)n1ccc(CNCCN(C)CC)n1. The van der Waals surface area contributed by atoms with Crippen LogP contribution in [0.25, 0.3) is 0 Å². The van der Waals surface area contributed by atoms with Crippen molar-refractivity contribution >= 4 is 0 Å². The molecule has 1 rings (SSSR count). The van der Waals surface area contributed by atoms with Crippen LogP contribution in [0.2, 0.25) is 0 Å². The van der Waals surface area contributed by atoms with E-state index in [0.29, 0.717) is 6.04 Å². The molecular weight excluding hydrogens is 212 g/mol. The average molecular weight is 238 g/mol. The first-order valence-corrected chi connectivity index (χ1v) is 6.60. The first kappa shape index (κ1) is 14.2. The molecule has 4 nitrogen and oxygen atoms in total. The monoisotopic (exact) mass is 238 g/mol. The third-order valence-corrected chi connectivity index (χ3v) is 3.22. The Kier molecular flexibility index (Phi) is 6.22. The van der Waals surface area contributed by atoms with Crippen LogP contribution in [-0.4, -0.2) is 41.4 Å². The zero-order valence-corrected chi connectivity index (χ0v) is 11.6. The van der Waals surface area contributed by atoms with Crippen LogP contribution >= 0.6 is 0 Å². The zero-order valence-electron chi connectivity index (χ0n) is 11.6. The Hall–Kier alpha value is -0.870. The van der Waals surface area contributed by atoms with Crippen molar-refractivity contribution in [1.82, 2.24) is 20.0 Å². The fourth-order valence-electron chi connectivity index (χ4n) is 1.55. The highest BCUT2D eigenvalue weighted by Crippen LogP contribution is 2.08. The Morgan fingerprint density at radius 2 is 2.24 bits per heavy atom. The molecule has 1 atom stereocenters. The fourth-order valence-corrected chi connectivity index (χ4v) is 1.55. The highest BCUT2D eigenvalue weighted by Gasteiger charge is 2.04. The van der Waals surface area contributed by atoms with Gasteiger partial charge in [0, 0.05) is 31.9 Å². The number of nitrogens with one attached hydrogen (secondary N) is 1. The quantitative estimate of drug-likeness (QED) is 0.702. The van der Waals surface area contributed by atoms with Crippen molar-refractivity contribution in [3.8, 4) is 0 Å². The molecule has 0 radical (unpaired) electrons. The molecule has 0 bridgehead atoms. The molecule has 0 saturated heterocycles. The van der Waals surface area contributed by atoms with Crippen molar-refractivity contribution in [2.75, 3.05) is 26.7 Å². The number of nitrogens with zero attached hydrogens (tertiary/aromatic N) is 3. The smallest absolute Gasteiger partial charge is 0.0762 e. The second-order valence-electron chi connectivity index (χ2n) is 4.62. The van der Waals surface area contributed by atoms with Gasteiger partial charge in [0.1, 0.15) is 0 Å². The minimum atomic E-state index is 0.495. The summed E-state index contributed by atoms with van der Waals surface area (Å²) in [6.07, 6.45) is 3.19. The van der Waals surface area contributed by atoms with E-state index in [1.165, 1.54) is 0 Å². The molecule has 1 aromatic heterocycles. The summed E-state index contributed by atoms with van der Waals surface area (Å²) in [4.78, 5) is 2.30. The van der Waals surface area contributed by atoms with Crippen LogP contribution in [0, 0.1) is 0 Å². The number of likely N-dealkylation sites (N-methyl/N-ethyl adjacent to an activating group) is 1. The maximum Gasteiger partial charge on any atom is 0.0762 e. The predicted molar refractivity (Wildman–Crippen MR) is 72.1 cm³/mol. The van der Waals surface area contributed by atoms with Crippen LogP contribution in [0.4, 0.5) is 0 Å². The zero-order chi connectivity index (χ0) is 12.7. The summed E-state index contributed by atoms with van der Waals surface area (Å²) in [5.74, 6) is 0. The predicted octanol–water partition coefficient (Wildman–Crippen LogP) is 1.90. The lowest BCUT2D eigenvalue weighted by atomic mass is 10.3. The molecule has 0 aliphatic carbocycles. The van der Waals surface area contributed by atoms with Gasteiger partial charge in [0.2, 0.25) is 0 Å². The normalized spacial score (nSPS) is 13.2. The molecule has 1 unspecified atom stereocenters. The molecule has 0 spiro atoms. The van der Waals surface area contributed by atoms with E-state index in [2.05, 4.69) is 60.1 Å². The molecule has 17 heavy (non-hydrogen) atoms. The fraction of sp³-hybridized carbons (Fsp3) is 0.769. The first-order valence-electron chi connectivity index (χ1n) is 6.60. The van der Waals surface area contributed by atoms with Crippen molar-refractivity contribution < 1.29 is 0 Å². The van der Waals surface area contributed by atoms with E-state index in [9.17, 15) is 0 Å². The van der Waals surface area contributed by atoms with Crippen LogP contribution in [0.3, 0.4) is 0 Å². The van der Waals surface area contributed by atoms with E-state index < -0.39 is 0 Å². The summed E-state index contributed by atoms with van der Waals surface area (Å²) in [7, 11) is 2.14. The molecule has 1 aromatic rings. The van der Waals surface area contributed by atoms with Crippen molar-refractivity contribution in [3.05, 3.63) is 18.0 Å². The van der Waals surface area contributed by atoms with Crippen LogP contribution < -0.4 is 5.32 Å². The van der Waals surface area contributed by atoms with Crippen LogP contribution in [-0.2, 0) is 6.54 Å². The first-order chi connectivity index (χ1) is 8.17. The Morgan fingerprint density at radius 3 is 2.88 bits per heavy atom. The van der Waals surface area contributed by atoms with Crippen molar-refractivity contribution in [3.63, 3.8) is 0 Å². The molecule has 98 valence electrons. The van der Waals surface area contributed by atoms with Gasteiger partial charge in [0.05, 0.1) is 5.69 Å². The molecule has 0 aliphatic rings. The molecule has 4 heteroatoms. The van der Waals surface area contributed by atoms with Gasteiger partial charge >= 0.3 is 0 Å². The van der Waals surface area contributed by atoms with Gasteiger partial charge in [-0.1, -0.05) is 13.8 Å². The van der Waals surface area contributed by atoms with E-state index in [1.54, 1.807) is 0 Å². The number of aromatic nitrogens is 2. The number of hydrogen-bond acceptors (Lipinski definition) is 3. The van der Waals surface area contributed by atoms with Gasteiger partial charge in [0.15, 0.2) is 0 Å². The highest BCUT2D eigenvalue weighted by molar-refractivity contribution is 4.99. The maximum absolute atomic E-state index is 4.56. The molecule has 1 heterocycles. The van der Waals surface area contributed by atoms with Gasteiger partial charge in [-0.25, -0.2) is 0 Å². The maximum atomic E-state index is 4.56. The van der Waals surface area contributed by atoms with Crippen LogP contribution in [0.1, 0.15) is 38.9 Å². The number of rotatable bonds is 8. The Balaban J connectivity index is 2.25. The molecule has 0 aromatic carbocycles. The third-order valence-electron chi connectivity index (χ3n) is 3.22. The highest BCUT2D eigenvalue weighted by atomic mass is 15.3. The largest absolute Gasteiger partial charge is 0.310 e. The molecule has 0 saturated carbocycles. The Morgan fingerprint density at radius 1 is 1.47 bits per heavy atom. The summed E-state index contributed by atoms with van der Waals surface area (Å²) in [6, 6.07) is 2.60. The van der Waals surface area contributed by atoms with Crippen LogP contribution in [0.15, 0.2) is 12.3 Å². The summed E-state index contributed by atoms with van der Waals surface area (Å²) >= 11 is 0. The van der Waals surface area contributed by atoms with Crippen LogP contribution in [0.5, 0.6) is 0 Å². The van der Waals surface area contributed by atoms with Gasteiger partial charge in [0.25, 0.3) is 0 Å². The molecular formula is C13H26N4. The standard InChI is InChI=1S/C13H26N4/c1-5-12(3)17-9-7-13(15-17)11-14-8-10-16(4)6-2/h7,9,12,14H,5-6,8,10-11H2,1-4H3. The Labute approximate surface area is 105 Å². The summed E-state index contributed by atoms with van der Waals surface area (Å²) in [5, 5.41) is 7.98. The van der Waals surface area contributed by atoms with Crippen molar-refractivity contribution in [2.45, 2.75) is 39.8 Å². The topological polar surface area (TPSA) is 33.1 Å². The minimum absolute atomic E-state index is 0.495. The second kappa shape index (κ2) is 7.45. The van der Waals surface area contributed by atoms with E-state index in [1.807, 2.05) is 0 Å². The number of hydrogen-bond donors (Lipinski definition) is 1. The summed E-state index contributed by atoms with van der Waals surface area (Å²) < 4.78 is 2.05. The minimum Gasteiger partial charge on any atom is -0.310 e. The third kappa shape index (κ3) is 4.88. The van der Waals surface area contributed by atoms with Gasteiger partial charge in [-0.15, -0.1) is 0 Å². The van der Waals surface area contributed by atoms with E-state index in [4.69, 9.17) is 0 Å². The van der Waals surface area contributed by atoms with Gasteiger partial charge in [-0.3, -0.25) is 4.68 Å². The summed E-state index contributed by atoms with van der Waals surface area (Å²) in [6.45, 7) is 10.6. The summed E-state index contributed by atoms with van der Waals surface area (Å²) in [5.41, 5.74) is 1.13. The van der Waals surface area contributed by atoms with E-state index in [0.717, 1.165) is 38.3 Å². The lowest BCUT2D eigenvalue weighted by molar-refractivity contribution is 0.348. The second-order valence-corrected chi connectivity index (χ2v) is 4.62. The van der Waals surface area contributed by atoms with Gasteiger partial charge in [-0.2, -0.15) is 5.10 Å². The molecule has 0 aliphatic heterocycles. The molecule has 0 amide bonds. The van der Waals surface area contributed by atoms with E-state index in [-0.39, 0.29) is 0 Å². The van der Waals surface area contributed by atoms with Gasteiger partial charge in [-0.05, 0) is 33.0 Å². The Bertz CT molecular complexity index is 308. The lowest BCUT2D eigenvalue weighted by Crippen LogP contribution is -2.28. The average Bonchev–Trinajstić information content (AvgIpc) is 2.82. The molecule has 0 fully saturated rings. The van der Waals surface area contributed by atoms with E-state index >= 15 is 0 Å². The lowest BCUT2D eigenvalue weighted by Gasteiger charge is -2.13. The van der Waals surface area contributed by atoms with Gasteiger partial charge < -0.3 is 10.2 Å². The molecule has 1 N–H and O–H groups in total. The van der Waals surface area contributed by atoms with Crippen molar-refractivity contribution in [1.29, 1.82) is 0 Å². The van der Waals surface area contributed by atoms with Crippen molar-refractivity contribution in [2.24, 2.45) is 0 Å².